The fraction of sp³-hybridized carbons (Fsp3) is 0.846. The summed E-state index contributed by atoms with van der Waals surface area (Å²) in [6.45, 7) is 0.992. The molecule has 0 spiro atoms. The first kappa shape index (κ1) is 12.8. The molecule has 1 aromatic heterocycles. The van der Waals surface area contributed by atoms with E-state index in [-0.39, 0.29) is 0 Å². The Morgan fingerprint density at radius 3 is 2.61 bits per heavy atom. The monoisotopic (exact) mass is 285 g/mol. The van der Waals surface area contributed by atoms with E-state index in [1.807, 2.05) is 11.8 Å². The zero-order valence-electron chi connectivity index (χ0n) is 10.9. The molecule has 3 nitrogen and oxygen atoms in total. The van der Waals surface area contributed by atoms with Crippen molar-refractivity contribution in [1.82, 2.24) is 14.8 Å². The molecular formula is C13H20ClN3S. The van der Waals surface area contributed by atoms with Gasteiger partial charge in [-0.3, -0.25) is 0 Å². The molecule has 2 aliphatic carbocycles. The average Bonchev–Trinajstić information content (AvgIpc) is 3.18. The van der Waals surface area contributed by atoms with Gasteiger partial charge in [0.05, 0.1) is 0 Å². The minimum atomic E-state index is 0.355. The Balaban J connectivity index is 1.83. The van der Waals surface area contributed by atoms with Gasteiger partial charge in [0.25, 0.3) is 0 Å². The highest BCUT2D eigenvalue weighted by molar-refractivity contribution is 8.00. The van der Waals surface area contributed by atoms with E-state index in [4.69, 9.17) is 11.6 Å². The molecule has 0 radical (unpaired) electrons. The molecule has 1 aromatic rings. The number of rotatable bonds is 4. The second-order valence-electron chi connectivity index (χ2n) is 5.64. The highest BCUT2D eigenvalue weighted by Crippen LogP contribution is 2.43. The quantitative estimate of drug-likeness (QED) is 0.841. The van der Waals surface area contributed by atoms with Crippen LogP contribution in [0.4, 0.5) is 0 Å². The number of thioether (sulfide) groups is 1. The molecular weight excluding hydrogens is 266 g/mol. The molecule has 3 rings (SSSR count). The second-order valence-corrected chi connectivity index (χ2v) is 7.25. The number of nitrogens with zero attached hydrogens (tertiary/aromatic N) is 3. The summed E-state index contributed by atoms with van der Waals surface area (Å²) in [5, 5.41) is 8.94. The molecule has 1 heterocycles. The van der Waals surface area contributed by atoms with Crippen LogP contribution in [0, 0.1) is 0 Å². The van der Waals surface area contributed by atoms with Gasteiger partial charge in [-0.2, -0.15) is 11.8 Å². The van der Waals surface area contributed by atoms with Crippen molar-refractivity contribution in [2.75, 3.05) is 6.26 Å². The van der Waals surface area contributed by atoms with E-state index in [2.05, 4.69) is 21.0 Å². The van der Waals surface area contributed by atoms with Crippen LogP contribution in [0.15, 0.2) is 0 Å². The van der Waals surface area contributed by atoms with E-state index >= 15 is 0 Å². The third-order valence-electron chi connectivity index (χ3n) is 4.32. The molecule has 2 aliphatic rings. The van der Waals surface area contributed by atoms with Crippen molar-refractivity contribution in [2.45, 2.75) is 62.2 Å². The van der Waals surface area contributed by atoms with Gasteiger partial charge in [0, 0.05) is 17.2 Å². The maximum absolute atomic E-state index is 6.24. The van der Waals surface area contributed by atoms with Gasteiger partial charge >= 0.3 is 0 Å². The summed E-state index contributed by atoms with van der Waals surface area (Å²) in [6, 6.07) is 0. The Hall–Kier alpha value is -0.220. The van der Waals surface area contributed by atoms with Crippen LogP contribution in [0.2, 0.25) is 5.28 Å². The van der Waals surface area contributed by atoms with Gasteiger partial charge in [-0.1, -0.05) is 19.3 Å². The van der Waals surface area contributed by atoms with Crippen LogP contribution in [0.25, 0.3) is 0 Å². The van der Waals surface area contributed by atoms with Gasteiger partial charge in [0.2, 0.25) is 5.28 Å². The molecule has 0 aliphatic heterocycles. The highest BCUT2D eigenvalue weighted by atomic mass is 35.5. The van der Waals surface area contributed by atoms with Crippen molar-refractivity contribution in [3.63, 3.8) is 0 Å². The van der Waals surface area contributed by atoms with Crippen molar-refractivity contribution in [3.05, 3.63) is 11.1 Å². The van der Waals surface area contributed by atoms with Crippen LogP contribution < -0.4 is 0 Å². The van der Waals surface area contributed by atoms with Crippen LogP contribution in [0.1, 0.15) is 56.7 Å². The molecule has 0 unspecified atom stereocenters. The Bertz CT molecular complexity index is 422. The summed E-state index contributed by atoms with van der Waals surface area (Å²) in [5.74, 6) is 1.74. The van der Waals surface area contributed by atoms with Crippen LogP contribution in [0.5, 0.6) is 0 Å². The molecule has 0 atom stereocenters. The first-order valence-electron chi connectivity index (χ1n) is 6.88. The van der Waals surface area contributed by atoms with Gasteiger partial charge in [0.15, 0.2) is 0 Å². The lowest BCUT2D eigenvalue weighted by Crippen LogP contribution is -2.33. The molecule has 0 saturated heterocycles. The van der Waals surface area contributed by atoms with E-state index < -0.39 is 0 Å². The highest BCUT2D eigenvalue weighted by Gasteiger charge is 2.36. The Morgan fingerprint density at radius 1 is 1.28 bits per heavy atom. The normalized spacial score (nSPS) is 23.2. The summed E-state index contributed by atoms with van der Waals surface area (Å²) in [5.41, 5.74) is 0. The Labute approximate surface area is 118 Å². The number of hydrogen-bond donors (Lipinski definition) is 0. The van der Waals surface area contributed by atoms with Gasteiger partial charge < -0.3 is 4.57 Å². The largest absolute Gasteiger partial charge is 0.300 e. The van der Waals surface area contributed by atoms with Crippen LogP contribution >= 0.6 is 23.4 Å². The molecule has 5 heteroatoms. The minimum Gasteiger partial charge on any atom is -0.300 e. The lowest BCUT2D eigenvalue weighted by molar-refractivity contribution is 0.354. The number of hydrogen-bond acceptors (Lipinski definition) is 3. The first-order valence-corrected chi connectivity index (χ1v) is 8.48. The van der Waals surface area contributed by atoms with E-state index in [0.29, 0.717) is 15.9 Å². The van der Waals surface area contributed by atoms with Crippen molar-refractivity contribution < 1.29 is 0 Å². The molecule has 2 saturated carbocycles. The zero-order chi connectivity index (χ0) is 12.6. The Kier molecular flexibility index (Phi) is 3.59. The number of halogens is 1. The van der Waals surface area contributed by atoms with Crippen molar-refractivity contribution in [2.24, 2.45) is 0 Å². The fourth-order valence-electron chi connectivity index (χ4n) is 3.00. The van der Waals surface area contributed by atoms with Crippen LogP contribution in [0.3, 0.4) is 0 Å². The van der Waals surface area contributed by atoms with Gasteiger partial charge in [-0.25, -0.2) is 0 Å². The summed E-state index contributed by atoms with van der Waals surface area (Å²) in [4.78, 5) is 0. The van der Waals surface area contributed by atoms with Crippen molar-refractivity contribution in [1.29, 1.82) is 0 Å². The summed E-state index contributed by atoms with van der Waals surface area (Å²) in [7, 11) is 0. The molecule has 0 N–H and O–H groups in total. The predicted molar refractivity (Wildman–Crippen MR) is 76.3 cm³/mol. The smallest absolute Gasteiger partial charge is 0.225 e. The second kappa shape index (κ2) is 5.04. The maximum atomic E-state index is 6.24. The molecule has 100 valence electrons. The summed E-state index contributed by atoms with van der Waals surface area (Å²) < 4.78 is 2.54. The van der Waals surface area contributed by atoms with E-state index in [0.717, 1.165) is 12.4 Å². The summed E-state index contributed by atoms with van der Waals surface area (Å²) in [6.07, 6.45) is 11.4. The first-order chi connectivity index (χ1) is 8.74. The third kappa shape index (κ3) is 2.42. The molecule has 0 bridgehead atoms. The molecule has 2 fully saturated rings. The molecule has 0 aromatic carbocycles. The lowest BCUT2D eigenvalue weighted by Gasteiger charge is -2.36. The SMILES string of the molecule is CSC1(Cn2c(Cl)nnc2C2CC2)CCCCC1. The molecule has 18 heavy (non-hydrogen) atoms. The van der Waals surface area contributed by atoms with E-state index in [9.17, 15) is 0 Å². The predicted octanol–water partition coefficient (Wildman–Crippen LogP) is 3.87. The van der Waals surface area contributed by atoms with Crippen LogP contribution in [-0.2, 0) is 6.54 Å². The van der Waals surface area contributed by atoms with E-state index in [1.165, 1.54) is 44.9 Å². The average molecular weight is 286 g/mol. The van der Waals surface area contributed by atoms with Crippen molar-refractivity contribution >= 4 is 23.4 Å². The van der Waals surface area contributed by atoms with Gasteiger partial charge in [0.1, 0.15) is 5.82 Å². The number of aromatic nitrogens is 3. The lowest BCUT2D eigenvalue weighted by atomic mass is 9.88. The van der Waals surface area contributed by atoms with Crippen LogP contribution in [-0.4, -0.2) is 25.8 Å². The third-order valence-corrected chi connectivity index (χ3v) is 6.00. The topological polar surface area (TPSA) is 30.7 Å². The fourth-order valence-corrected chi connectivity index (χ4v) is 4.14. The van der Waals surface area contributed by atoms with Gasteiger partial charge in [-0.05, 0) is 43.5 Å². The van der Waals surface area contributed by atoms with E-state index in [1.54, 1.807) is 0 Å². The summed E-state index contributed by atoms with van der Waals surface area (Å²) >= 11 is 8.24. The standard InChI is InChI=1S/C13H20ClN3S/c1-18-13(7-3-2-4-8-13)9-17-11(10-5-6-10)15-16-12(17)14/h10H,2-9H2,1H3. The maximum Gasteiger partial charge on any atom is 0.225 e. The van der Waals surface area contributed by atoms with Gasteiger partial charge in [-0.15, -0.1) is 10.2 Å². The van der Waals surface area contributed by atoms with Crippen molar-refractivity contribution in [3.8, 4) is 0 Å². The zero-order valence-corrected chi connectivity index (χ0v) is 12.4. The Morgan fingerprint density at radius 2 is 2.00 bits per heavy atom. The molecule has 0 amide bonds. The minimum absolute atomic E-state index is 0.355.